The molecule has 0 aromatic heterocycles. The Kier molecular flexibility index (Phi) is 994000. The molecular weight excluding hydrogens is 123 g/mol. The van der Waals surface area contributed by atoms with Crippen LogP contribution in [0.2, 0.25) is 0 Å². The summed E-state index contributed by atoms with van der Waals surface area (Å²) in [4.78, 5) is 0. The van der Waals surface area contributed by atoms with Crippen molar-refractivity contribution in [3.63, 3.8) is 0 Å². The van der Waals surface area contributed by atoms with Crippen LogP contribution in [0.4, 0.5) is 0 Å². The fourth-order valence-corrected chi connectivity index (χ4v) is 0. The maximum atomic E-state index is 0. The first-order chi connectivity index (χ1) is 0. The topological polar surface area (TPSA) is 178 Å². The molecule has 0 amide bonds. The van der Waals surface area contributed by atoms with Crippen molar-refractivity contribution < 1.29 is 32.9 Å². The molecule has 5 N–H and O–H groups in total. The second-order valence-corrected chi connectivity index (χ2v) is 0. The molecule has 44 valence electrons. The van der Waals surface area contributed by atoms with E-state index in [0.717, 1.165) is 0 Å². The standard InChI is InChI=1S/Al.5H2O.O/h;5*1H2;/q+3;;;;;;+2/p-5. The van der Waals surface area contributed by atoms with Gasteiger partial charge in [0.2, 0.25) is 0 Å². The van der Waals surface area contributed by atoms with Crippen LogP contribution in [0.5, 0.6) is 0 Å². The zero-order valence-corrected chi connectivity index (χ0v) is 4.38. The Labute approximate surface area is 51.1 Å². The minimum atomic E-state index is 0. The molecule has 0 aromatic rings. The summed E-state index contributed by atoms with van der Waals surface area (Å²) in [6, 6.07) is 0. The second-order valence-electron chi connectivity index (χ2n) is 0. The van der Waals surface area contributed by atoms with Crippen molar-refractivity contribution in [2.45, 2.75) is 0 Å². The van der Waals surface area contributed by atoms with Crippen LogP contribution in [0.25, 0.3) is 0 Å². The summed E-state index contributed by atoms with van der Waals surface area (Å²) >= 11 is 0. The average molecular weight is 128 g/mol. The Bertz CT molecular complexity index is 4.14. The first-order valence-electron chi connectivity index (χ1n) is 0. The van der Waals surface area contributed by atoms with Crippen LogP contribution >= 0.6 is 0 Å². The molecule has 0 saturated heterocycles. The Balaban J connectivity index is 0. The van der Waals surface area contributed by atoms with E-state index in [4.69, 9.17) is 0 Å². The fraction of sp³-hybridized carbons (Fsp3) is 0. The SMILES string of the molecule is [Al+3].[O+2].[OH-].[OH-].[OH-].[OH-].[OH-]. The third kappa shape index (κ3) is 1360. The molecule has 0 heterocycles. The second kappa shape index (κ2) is 2060. The maximum absolute atomic E-state index is 0. The number of rotatable bonds is 0. The average Bonchev–Trinajstić information content (AvgIpc) is 0. The molecule has 0 unspecified atom stereocenters. The molecule has 0 bridgehead atoms. The summed E-state index contributed by atoms with van der Waals surface area (Å²) in [5.74, 6) is 0. The minimum absolute atomic E-state index is 0. The van der Waals surface area contributed by atoms with E-state index in [2.05, 4.69) is 0 Å². The van der Waals surface area contributed by atoms with Crippen LogP contribution in [0.15, 0.2) is 0 Å². The van der Waals surface area contributed by atoms with E-state index in [0.29, 0.717) is 0 Å². The van der Waals surface area contributed by atoms with Crippen molar-refractivity contribution in [2.24, 2.45) is 0 Å². The molecular formula is H5AlO6. The summed E-state index contributed by atoms with van der Waals surface area (Å²) in [6.45, 7) is 0. The van der Waals surface area contributed by atoms with Crippen LogP contribution in [-0.4, -0.2) is 44.7 Å². The number of hydrogen-bond donors (Lipinski definition) is 0. The zero-order valence-electron chi connectivity index (χ0n) is 3.22. The quantitative estimate of drug-likeness (QED) is 0.363. The molecule has 0 fully saturated rings. The largest absolute Gasteiger partial charge is 3.00 e. The minimum Gasteiger partial charge on any atom is -0.870 e. The summed E-state index contributed by atoms with van der Waals surface area (Å²) in [5.41, 5.74) is 0. The van der Waals surface area contributed by atoms with Gasteiger partial charge in [0.15, 0.2) is 0 Å². The van der Waals surface area contributed by atoms with E-state index in [1.54, 1.807) is 0 Å². The fourth-order valence-electron chi connectivity index (χ4n) is 0. The first kappa shape index (κ1) is 3380. The van der Waals surface area contributed by atoms with Crippen molar-refractivity contribution in [1.29, 1.82) is 0 Å². The van der Waals surface area contributed by atoms with Gasteiger partial charge in [-0.3, -0.25) is 0 Å². The van der Waals surface area contributed by atoms with Crippen LogP contribution in [-0.2, 0) is 5.48 Å². The van der Waals surface area contributed by atoms with Crippen LogP contribution in [0.1, 0.15) is 0 Å². The van der Waals surface area contributed by atoms with E-state index >= 15 is 0 Å². The summed E-state index contributed by atoms with van der Waals surface area (Å²) in [5, 5.41) is 0. The Morgan fingerprint density at radius 1 is 0.429 bits per heavy atom. The van der Waals surface area contributed by atoms with E-state index in [1.807, 2.05) is 0 Å². The van der Waals surface area contributed by atoms with E-state index < -0.39 is 0 Å². The van der Waals surface area contributed by atoms with Gasteiger partial charge in [0.05, 0.1) is 0 Å². The summed E-state index contributed by atoms with van der Waals surface area (Å²) < 4.78 is 0. The Morgan fingerprint density at radius 3 is 0.429 bits per heavy atom. The molecule has 7 heteroatoms. The van der Waals surface area contributed by atoms with Crippen molar-refractivity contribution in [2.75, 3.05) is 0 Å². The van der Waals surface area contributed by atoms with Crippen molar-refractivity contribution >= 4 is 17.4 Å². The van der Waals surface area contributed by atoms with E-state index in [9.17, 15) is 0 Å². The van der Waals surface area contributed by atoms with Crippen molar-refractivity contribution in [3.05, 3.63) is 0 Å². The van der Waals surface area contributed by atoms with Gasteiger partial charge in [-0.2, -0.15) is 0 Å². The van der Waals surface area contributed by atoms with Gasteiger partial charge in [-0.1, -0.05) is 0 Å². The van der Waals surface area contributed by atoms with Gasteiger partial charge in [-0.05, 0) is 0 Å². The molecule has 0 saturated carbocycles. The number of hydrogen-bond acceptors (Lipinski definition) is 5. The molecule has 0 rings (SSSR count). The molecule has 0 aliphatic heterocycles. The van der Waals surface area contributed by atoms with Gasteiger partial charge in [-0.15, -0.1) is 0 Å². The molecule has 4 radical (unpaired) electrons. The van der Waals surface area contributed by atoms with Gasteiger partial charge >= 0.3 is 22.8 Å². The molecule has 0 spiro atoms. The Morgan fingerprint density at radius 2 is 0.429 bits per heavy atom. The van der Waals surface area contributed by atoms with E-state index in [1.165, 1.54) is 0 Å². The summed E-state index contributed by atoms with van der Waals surface area (Å²) in [7, 11) is 0. The monoisotopic (exact) mass is 128 g/mol. The third-order valence-corrected chi connectivity index (χ3v) is 0. The van der Waals surface area contributed by atoms with E-state index in [-0.39, 0.29) is 50.2 Å². The third-order valence-electron chi connectivity index (χ3n) is 0. The molecule has 0 aromatic carbocycles. The molecule has 0 aliphatic rings. The molecule has 0 atom stereocenters. The van der Waals surface area contributed by atoms with Gasteiger partial charge in [0.1, 0.15) is 0 Å². The normalized spacial score (nSPS) is 0. The van der Waals surface area contributed by atoms with Crippen molar-refractivity contribution in [1.82, 2.24) is 0 Å². The molecule has 7 heavy (non-hydrogen) atoms. The molecule has 0 aliphatic carbocycles. The van der Waals surface area contributed by atoms with Gasteiger partial charge in [0.25, 0.3) is 0 Å². The zero-order chi connectivity index (χ0) is 0. The first-order valence-corrected chi connectivity index (χ1v) is 0. The van der Waals surface area contributed by atoms with Crippen LogP contribution < -0.4 is 0 Å². The summed E-state index contributed by atoms with van der Waals surface area (Å²) in [6.07, 6.45) is 0. The van der Waals surface area contributed by atoms with Crippen molar-refractivity contribution in [3.8, 4) is 0 Å². The Hall–Kier alpha value is 0.292. The maximum Gasteiger partial charge on any atom is 3.00 e. The predicted octanol–water partition coefficient (Wildman–Crippen LogP) is -1.38. The van der Waals surface area contributed by atoms with Crippen LogP contribution in [0.3, 0.4) is 0 Å². The van der Waals surface area contributed by atoms with Gasteiger partial charge in [0, 0.05) is 0 Å². The van der Waals surface area contributed by atoms with Gasteiger partial charge in [-0.25, -0.2) is 0 Å². The predicted molar refractivity (Wildman–Crippen MR) is 16.1 cm³/mol. The smallest absolute Gasteiger partial charge is 0.870 e. The van der Waals surface area contributed by atoms with Gasteiger partial charge < -0.3 is 27.4 Å². The molecule has 6 nitrogen and oxygen atoms in total. The van der Waals surface area contributed by atoms with Crippen LogP contribution in [0, 0.1) is 0 Å².